The number of carbonyl (C=O) groups is 1. The van der Waals surface area contributed by atoms with E-state index in [-0.39, 0.29) is 5.91 Å². The van der Waals surface area contributed by atoms with Crippen molar-refractivity contribution in [2.75, 3.05) is 43.4 Å². The molecular formula is C17H19N7O. The van der Waals surface area contributed by atoms with Crippen molar-refractivity contribution in [3.8, 4) is 0 Å². The molecule has 0 unspecified atom stereocenters. The van der Waals surface area contributed by atoms with Crippen LogP contribution >= 0.6 is 0 Å². The number of H-pyrrole nitrogens is 1. The Balaban J connectivity index is 1.44. The first-order valence-corrected chi connectivity index (χ1v) is 8.22. The van der Waals surface area contributed by atoms with Crippen LogP contribution < -0.4 is 10.2 Å². The van der Waals surface area contributed by atoms with Crippen LogP contribution in [-0.4, -0.2) is 64.0 Å². The highest BCUT2D eigenvalue weighted by atomic mass is 16.2. The molecule has 1 aliphatic rings. The van der Waals surface area contributed by atoms with Crippen LogP contribution in [0.2, 0.25) is 0 Å². The number of aromatic amines is 1. The molecule has 0 saturated carbocycles. The molecule has 1 amide bonds. The van der Waals surface area contributed by atoms with Gasteiger partial charge in [0.25, 0.3) is 5.91 Å². The smallest absolute Gasteiger partial charge is 0.254 e. The summed E-state index contributed by atoms with van der Waals surface area (Å²) in [4.78, 5) is 32.5. The summed E-state index contributed by atoms with van der Waals surface area (Å²) >= 11 is 0. The topological polar surface area (TPSA) is 90.0 Å². The van der Waals surface area contributed by atoms with Crippen molar-refractivity contribution in [3.05, 3.63) is 42.5 Å². The van der Waals surface area contributed by atoms with Crippen molar-refractivity contribution < 1.29 is 4.79 Å². The Kier molecular flexibility index (Phi) is 3.93. The van der Waals surface area contributed by atoms with E-state index in [1.807, 2.05) is 36.2 Å². The Morgan fingerprint density at radius 2 is 1.96 bits per heavy atom. The third kappa shape index (κ3) is 2.98. The van der Waals surface area contributed by atoms with Crippen molar-refractivity contribution >= 4 is 28.6 Å². The summed E-state index contributed by atoms with van der Waals surface area (Å²) in [7, 11) is 1.83. The molecule has 8 nitrogen and oxygen atoms in total. The quantitative estimate of drug-likeness (QED) is 0.750. The number of nitrogens with zero attached hydrogens (tertiary/aromatic N) is 5. The van der Waals surface area contributed by atoms with Gasteiger partial charge in [-0.15, -0.1) is 0 Å². The number of amides is 1. The summed E-state index contributed by atoms with van der Waals surface area (Å²) in [5.74, 6) is 1.72. The van der Waals surface area contributed by atoms with Gasteiger partial charge in [-0.05, 0) is 18.2 Å². The summed E-state index contributed by atoms with van der Waals surface area (Å²) in [6, 6.07) is 7.49. The number of aromatic nitrogens is 4. The van der Waals surface area contributed by atoms with Crippen molar-refractivity contribution in [1.29, 1.82) is 0 Å². The number of nitrogens with one attached hydrogen (secondary N) is 2. The maximum Gasteiger partial charge on any atom is 0.254 e. The number of fused-ring (bicyclic) bond motifs is 1. The van der Waals surface area contributed by atoms with Gasteiger partial charge in [-0.25, -0.2) is 15.0 Å². The van der Waals surface area contributed by atoms with Crippen LogP contribution in [0.4, 0.5) is 11.6 Å². The van der Waals surface area contributed by atoms with Gasteiger partial charge in [0.15, 0.2) is 0 Å². The minimum Gasteiger partial charge on any atom is -0.373 e. The van der Waals surface area contributed by atoms with E-state index >= 15 is 0 Å². The fraction of sp³-hybridized carbons (Fsp3) is 0.294. The van der Waals surface area contributed by atoms with Gasteiger partial charge in [0, 0.05) is 44.9 Å². The van der Waals surface area contributed by atoms with Crippen LogP contribution in [0, 0.1) is 0 Å². The highest BCUT2D eigenvalue weighted by Crippen LogP contribution is 2.18. The van der Waals surface area contributed by atoms with Gasteiger partial charge < -0.3 is 20.1 Å². The Hall–Kier alpha value is -3.16. The Bertz CT molecular complexity index is 899. The lowest BCUT2D eigenvalue weighted by Crippen LogP contribution is -2.49. The summed E-state index contributed by atoms with van der Waals surface area (Å²) in [5.41, 5.74) is 2.43. The van der Waals surface area contributed by atoms with Gasteiger partial charge in [0.05, 0.1) is 17.4 Å². The fourth-order valence-corrected chi connectivity index (χ4v) is 3.05. The molecule has 4 rings (SSSR count). The number of rotatable bonds is 3. The molecule has 8 heteroatoms. The van der Waals surface area contributed by atoms with Crippen LogP contribution in [-0.2, 0) is 0 Å². The first kappa shape index (κ1) is 15.4. The second-order valence-electron chi connectivity index (χ2n) is 5.93. The van der Waals surface area contributed by atoms with Gasteiger partial charge in [-0.2, -0.15) is 0 Å². The lowest BCUT2D eigenvalue weighted by molar-refractivity contribution is 0.0746. The van der Waals surface area contributed by atoms with E-state index in [1.54, 1.807) is 12.7 Å². The fourth-order valence-electron chi connectivity index (χ4n) is 3.05. The Morgan fingerprint density at radius 1 is 1.12 bits per heavy atom. The van der Waals surface area contributed by atoms with Crippen molar-refractivity contribution in [1.82, 2.24) is 24.8 Å². The van der Waals surface area contributed by atoms with Crippen molar-refractivity contribution in [2.24, 2.45) is 0 Å². The van der Waals surface area contributed by atoms with E-state index in [4.69, 9.17) is 0 Å². The third-order valence-electron chi connectivity index (χ3n) is 4.47. The number of hydrogen-bond acceptors (Lipinski definition) is 6. The number of piperazine rings is 1. The zero-order valence-electron chi connectivity index (χ0n) is 13.9. The zero-order chi connectivity index (χ0) is 17.2. The Labute approximate surface area is 144 Å². The molecule has 1 aliphatic heterocycles. The number of anilines is 2. The third-order valence-corrected chi connectivity index (χ3v) is 4.47. The molecule has 0 radical (unpaired) electrons. The van der Waals surface area contributed by atoms with Gasteiger partial charge in [0.2, 0.25) is 0 Å². The molecule has 2 aromatic heterocycles. The molecule has 0 atom stereocenters. The predicted molar refractivity (Wildman–Crippen MR) is 95.8 cm³/mol. The molecule has 3 aromatic rings. The zero-order valence-corrected chi connectivity index (χ0v) is 13.9. The molecule has 128 valence electrons. The molecule has 1 fully saturated rings. The van der Waals surface area contributed by atoms with Crippen molar-refractivity contribution in [3.63, 3.8) is 0 Å². The molecule has 1 saturated heterocycles. The molecular weight excluding hydrogens is 318 g/mol. The first-order valence-electron chi connectivity index (χ1n) is 8.22. The standard InChI is InChI=1S/C17H19N7O/c1-18-15-9-16(22-11-21-15)23-4-6-24(7-5-23)17(25)12-2-3-13-14(8-12)20-10-19-13/h2-3,8-11H,4-7H2,1H3,(H,19,20)(H,18,21,22). The van der Waals surface area contributed by atoms with E-state index in [0.717, 1.165) is 35.8 Å². The lowest BCUT2D eigenvalue weighted by atomic mass is 10.1. The van der Waals surface area contributed by atoms with Gasteiger partial charge in [-0.3, -0.25) is 4.79 Å². The van der Waals surface area contributed by atoms with Gasteiger partial charge in [-0.1, -0.05) is 0 Å². The summed E-state index contributed by atoms with van der Waals surface area (Å²) in [6.45, 7) is 2.83. The summed E-state index contributed by atoms with van der Waals surface area (Å²) < 4.78 is 0. The van der Waals surface area contributed by atoms with Crippen molar-refractivity contribution in [2.45, 2.75) is 0 Å². The molecule has 0 bridgehead atoms. The van der Waals surface area contributed by atoms with Gasteiger partial charge >= 0.3 is 0 Å². The maximum absolute atomic E-state index is 12.7. The average Bonchev–Trinajstić information content (AvgIpc) is 3.15. The Morgan fingerprint density at radius 3 is 2.76 bits per heavy atom. The number of imidazole rings is 1. The van der Waals surface area contributed by atoms with Crippen LogP contribution in [0.3, 0.4) is 0 Å². The monoisotopic (exact) mass is 337 g/mol. The van der Waals surface area contributed by atoms with E-state index in [1.165, 1.54) is 0 Å². The van der Waals surface area contributed by atoms with Crippen LogP contribution in [0.1, 0.15) is 10.4 Å². The average molecular weight is 337 g/mol. The van der Waals surface area contributed by atoms with Crippen LogP contribution in [0.15, 0.2) is 36.9 Å². The van der Waals surface area contributed by atoms with E-state index in [9.17, 15) is 4.79 Å². The SMILES string of the molecule is CNc1cc(N2CCN(C(=O)c3ccc4nc[nH]c4c3)CC2)ncn1. The highest BCUT2D eigenvalue weighted by molar-refractivity contribution is 5.97. The molecule has 0 aliphatic carbocycles. The predicted octanol–water partition coefficient (Wildman–Crippen LogP) is 1.36. The van der Waals surface area contributed by atoms with E-state index in [2.05, 4.69) is 30.2 Å². The van der Waals surface area contributed by atoms with Gasteiger partial charge in [0.1, 0.15) is 18.0 Å². The minimum absolute atomic E-state index is 0.0507. The molecule has 25 heavy (non-hydrogen) atoms. The van der Waals surface area contributed by atoms with Crippen LogP contribution in [0.5, 0.6) is 0 Å². The molecule has 3 heterocycles. The highest BCUT2D eigenvalue weighted by Gasteiger charge is 2.23. The second kappa shape index (κ2) is 6.39. The largest absolute Gasteiger partial charge is 0.373 e. The summed E-state index contributed by atoms with van der Waals surface area (Å²) in [5, 5.41) is 3.02. The molecule has 0 spiro atoms. The number of carbonyl (C=O) groups excluding carboxylic acids is 1. The molecule has 2 N–H and O–H groups in total. The maximum atomic E-state index is 12.7. The van der Waals surface area contributed by atoms with E-state index in [0.29, 0.717) is 18.7 Å². The minimum atomic E-state index is 0.0507. The number of hydrogen-bond donors (Lipinski definition) is 2. The first-order chi connectivity index (χ1) is 12.2. The lowest BCUT2D eigenvalue weighted by Gasteiger charge is -2.35. The summed E-state index contributed by atoms with van der Waals surface area (Å²) in [6.07, 6.45) is 3.19. The second-order valence-corrected chi connectivity index (χ2v) is 5.93. The number of benzene rings is 1. The molecule has 1 aromatic carbocycles. The normalized spacial score (nSPS) is 14.8. The van der Waals surface area contributed by atoms with E-state index < -0.39 is 0 Å². The van der Waals surface area contributed by atoms with Crippen LogP contribution in [0.25, 0.3) is 11.0 Å².